The molecule has 4 aliphatic rings. The van der Waals surface area contributed by atoms with Gasteiger partial charge in [-0.25, -0.2) is 0 Å². The van der Waals surface area contributed by atoms with Crippen molar-refractivity contribution in [3.63, 3.8) is 0 Å². The maximum absolute atomic E-state index is 10.7. The molecule has 82 heavy (non-hydrogen) atoms. The largest absolute Gasteiger partial charge is 0.395 e. The van der Waals surface area contributed by atoms with Gasteiger partial charge in [0.25, 0.3) is 5.69 Å². The summed E-state index contributed by atoms with van der Waals surface area (Å²) in [7, 11) is 7.48. The summed E-state index contributed by atoms with van der Waals surface area (Å²) in [5.41, 5.74) is 0.491. The quantitative estimate of drug-likeness (QED) is 0.0138. The second kappa shape index (κ2) is 38.7. The number of thioether (sulfide) groups is 3. The first-order valence-corrected chi connectivity index (χ1v) is 31.8. The molecule has 1 aliphatic carbocycles. The molecule has 0 amide bonds. The number of ether oxygens (including phenoxy) is 5. The summed E-state index contributed by atoms with van der Waals surface area (Å²) < 4.78 is 28.0. The molecule has 0 spiro atoms. The highest BCUT2D eigenvalue weighted by atomic mass is 32.2. The predicted molar refractivity (Wildman–Crippen MR) is 334 cm³/mol. The molecule has 20 heteroatoms. The first-order chi connectivity index (χ1) is 39.3. The molecular weight excluding hydrogens is 1100 g/mol. The monoisotopic (exact) mass is 1200 g/mol. The number of hydrogen-bond acceptors (Lipinski definition) is 19. The fourth-order valence-corrected chi connectivity index (χ4v) is 13.2. The Bertz CT molecular complexity index is 2280. The summed E-state index contributed by atoms with van der Waals surface area (Å²) in [6.07, 6.45) is 5.69. The van der Waals surface area contributed by atoms with E-state index in [0.717, 1.165) is 35.1 Å². The van der Waals surface area contributed by atoms with Crippen LogP contribution in [0, 0.1) is 27.9 Å². The fourth-order valence-electron chi connectivity index (χ4n) is 9.72. The van der Waals surface area contributed by atoms with Crippen LogP contribution < -0.4 is 26.6 Å². The van der Waals surface area contributed by atoms with Crippen molar-refractivity contribution in [3.8, 4) is 0 Å². The second-order valence-corrected chi connectivity index (χ2v) is 25.3. The number of fused-ring (bicyclic) bond motifs is 1. The van der Waals surface area contributed by atoms with E-state index in [2.05, 4.69) is 76.8 Å². The molecule has 9 N–H and O–H groups in total. The molecule has 3 unspecified atom stereocenters. The minimum atomic E-state index is -1.10. The molecule has 17 nitrogen and oxygen atoms in total. The third-order valence-electron chi connectivity index (χ3n) is 14.9. The molecule has 4 aromatic carbocycles. The van der Waals surface area contributed by atoms with Gasteiger partial charge in [-0.2, -0.15) is 0 Å². The van der Waals surface area contributed by atoms with E-state index < -0.39 is 28.9 Å². The van der Waals surface area contributed by atoms with Crippen molar-refractivity contribution in [1.29, 1.82) is 0 Å². The highest BCUT2D eigenvalue weighted by Crippen LogP contribution is 2.35. The van der Waals surface area contributed by atoms with Crippen molar-refractivity contribution in [2.75, 3.05) is 85.0 Å². The van der Waals surface area contributed by atoms with Gasteiger partial charge in [0.15, 0.2) is 17.9 Å². The number of aliphatic hydroxyl groups is 4. The Morgan fingerprint density at radius 1 is 0.659 bits per heavy atom. The molecular formula is C62H98N6O11S3. The van der Waals surface area contributed by atoms with Crippen molar-refractivity contribution < 1.29 is 49.0 Å². The number of aliphatic hydroxyl groups excluding tert-OH is 4. The van der Waals surface area contributed by atoms with Gasteiger partial charge in [0.1, 0.15) is 12.2 Å². The number of likely N-dealkylation sites (N-methyl/N-ethyl adjacent to an activating group) is 3. The first kappa shape index (κ1) is 71.3. The lowest BCUT2D eigenvalue weighted by atomic mass is 9.74. The average Bonchev–Trinajstić information content (AvgIpc) is 4.06. The van der Waals surface area contributed by atoms with Crippen molar-refractivity contribution in [3.05, 3.63) is 131 Å². The third-order valence-corrected chi connectivity index (χ3v) is 18.2. The van der Waals surface area contributed by atoms with Gasteiger partial charge >= 0.3 is 0 Å². The average molecular weight is 1200 g/mol. The second-order valence-electron chi connectivity index (χ2n) is 22.0. The lowest BCUT2D eigenvalue weighted by Gasteiger charge is -2.38. The van der Waals surface area contributed by atoms with Gasteiger partial charge in [0.05, 0.1) is 50.1 Å². The molecule has 3 saturated heterocycles. The van der Waals surface area contributed by atoms with Gasteiger partial charge in [0, 0.05) is 73.8 Å². The fraction of sp³-hybridized carbons (Fsp3) is 0.613. The Labute approximate surface area is 502 Å². The van der Waals surface area contributed by atoms with E-state index in [0.29, 0.717) is 31.4 Å². The number of piperidine rings is 1. The smallest absolute Gasteiger partial charge is 0.269 e. The Morgan fingerprint density at radius 2 is 1.12 bits per heavy atom. The molecule has 12 atom stereocenters. The molecule has 0 aromatic heterocycles. The van der Waals surface area contributed by atoms with Crippen LogP contribution in [0.25, 0.3) is 0 Å². The Balaban J connectivity index is 0.000000228. The third kappa shape index (κ3) is 26.6. The minimum absolute atomic E-state index is 0.0116. The van der Waals surface area contributed by atoms with Gasteiger partial charge in [-0.05, 0) is 148 Å². The van der Waals surface area contributed by atoms with E-state index >= 15 is 0 Å². The lowest BCUT2D eigenvalue weighted by Crippen LogP contribution is -2.43. The van der Waals surface area contributed by atoms with Gasteiger partial charge in [-0.1, -0.05) is 80.8 Å². The van der Waals surface area contributed by atoms with Gasteiger partial charge < -0.3 is 70.7 Å². The minimum Gasteiger partial charge on any atom is -0.395 e. The predicted octanol–water partition coefficient (Wildman–Crippen LogP) is 8.75. The van der Waals surface area contributed by atoms with E-state index in [1.54, 1.807) is 37.6 Å². The Morgan fingerprint density at radius 3 is 1.55 bits per heavy atom. The number of nitro benzene ring substituents is 1. The Kier molecular flexibility index (Phi) is 33.7. The number of benzene rings is 4. The van der Waals surface area contributed by atoms with E-state index in [4.69, 9.17) is 33.9 Å². The van der Waals surface area contributed by atoms with Crippen LogP contribution in [0.2, 0.25) is 0 Å². The van der Waals surface area contributed by atoms with Crippen molar-refractivity contribution in [2.24, 2.45) is 17.8 Å². The van der Waals surface area contributed by atoms with Crippen molar-refractivity contribution in [2.45, 2.75) is 155 Å². The Hall–Kier alpha value is -3.23. The van der Waals surface area contributed by atoms with Crippen LogP contribution in [-0.2, 0) is 23.7 Å². The maximum atomic E-state index is 10.7. The number of nitro groups is 1. The molecule has 0 bridgehead atoms. The number of nitrogens with zero attached hydrogens (tertiary/aromatic N) is 1. The highest BCUT2D eigenvalue weighted by molar-refractivity contribution is 7.99. The van der Waals surface area contributed by atoms with E-state index in [1.807, 2.05) is 108 Å². The molecule has 460 valence electrons. The van der Waals surface area contributed by atoms with Crippen molar-refractivity contribution >= 4 is 41.0 Å². The van der Waals surface area contributed by atoms with Gasteiger partial charge in [-0.15, -0.1) is 35.3 Å². The first-order valence-electron chi connectivity index (χ1n) is 28.9. The SMILES string of the molecule is CN[C@@H](CO)[C@@H]1COC(C)(C)O1.CN[C@@H](CSc1ccccc1)C(O)CO.CN[C@@H](CSc1ccccc1)C1COC(C)(C)O1.CN[C@@H](CSc1ccccc1)[C@@H](C)COC(O)c1ccc([N+](=O)[O-])cc1.C[C@@H]1C[C@@H]2CCCC[C@@H]2CN1. The molecule has 1 saturated carbocycles. The summed E-state index contributed by atoms with van der Waals surface area (Å²) in [6.45, 7) is 14.8. The number of non-ortho nitro benzene ring substituents is 1. The number of rotatable bonds is 24. The zero-order valence-electron chi connectivity index (χ0n) is 50.1. The number of hydrogen-bond donors (Lipinski definition) is 9. The standard InChI is InChI=1S/C19H24N2O4S.C14H21NO2S.C11H17NO2S.C10H19N.C8H17NO3/c1-14(18(20-2)13-26-17-6-4-3-5-7-17)12-25-19(22)15-8-10-16(11-9-15)21(23)24;1-14(2)16-9-13(17-14)12(15-3)10-18-11-7-5-4-6-8-11;1-12-10(11(14)7-13)8-15-9-5-3-2-4-6-9;1-8-6-9-4-2-3-5-10(9)7-11-8;1-8(2)11-5-7(12-8)6(4-10)9-3/h3-11,14,18-20,22H,12-13H2,1-2H3;4-8,12-13,15H,9-10H2,1-3H3;2-6,10-14H,7-8H2,1H3;8-11H,2-7H2,1H3;6-7,9-10H,4-5H2,1-3H3/t14-,18-,19?;12-,13?;10-,11?;8-,9+,10-;6-,7-/m00010/s1. The van der Waals surface area contributed by atoms with E-state index in [-0.39, 0.29) is 55.2 Å². The van der Waals surface area contributed by atoms with Crippen molar-refractivity contribution in [1.82, 2.24) is 26.6 Å². The van der Waals surface area contributed by atoms with Crippen LogP contribution in [0.5, 0.6) is 0 Å². The van der Waals surface area contributed by atoms with Crippen LogP contribution >= 0.6 is 35.3 Å². The van der Waals surface area contributed by atoms with Crippen LogP contribution in [0.3, 0.4) is 0 Å². The molecule has 4 aromatic rings. The number of nitrogens with one attached hydrogen (secondary N) is 5. The molecule has 3 heterocycles. The summed E-state index contributed by atoms with van der Waals surface area (Å²) in [5, 5.41) is 64.3. The normalized spacial score (nSPS) is 23.1. The van der Waals surface area contributed by atoms with Crippen LogP contribution in [-0.4, -0.2) is 170 Å². The molecule has 8 rings (SSSR count). The summed E-state index contributed by atoms with van der Waals surface area (Å²) in [4.78, 5) is 13.9. The van der Waals surface area contributed by atoms with E-state index in [1.165, 1.54) is 77.6 Å². The maximum Gasteiger partial charge on any atom is 0.269 e. The summed E-state index contributed by atoms with van der Waals surface area (Å²) in [6, 6.07) is 37.6. The van der Waals surface area contributed by atoms with Crippen LogP contribution in [0.4, 0.5) is 5.69 Å². The van der Waals surface area contributed by atoms with E-state index in [9.17, 15) is 20.3 Å². The lowest BCUT2D eigenvalue weighted by molar-refractivity contribution is -0.384. The molecule has 3 aliphatic heterocycles. The molecule has 4 fully saturated rings. The highest BCUT2D eigenvalue weighted by Gasteiger charge is 2.38. The molecule has 0 radical (unpaired) electrons. The van der Waals surface area contributed by atoms with Gasteiger partial charge in [-0.3, -0.25) is 10.1 Å². The van der Waals surface area contributed by atoms with Gasteiger partial charge in [0.2, 0.25) is 0 Å². The van der Waals surface area contributed by atoms with Crippen LogP contribution in [0.1, 0.15) is 85.5 Å². The summed E-state index contributed by atoms with van der Waals surface area (Å²) >= 11 is 5.28. The summed E-state index contributed by atoms with van der Waals surface area (Å²) in [5.74, 6) is 3.93. The zero-order valence-corrected chi connectivity index (χ0v) is 52.6. The zero-order chi connectivity index (χ0) is 59.9. The van der Waals surface area contributed by atoms with Crippen LogP contribution in [0.15, 0.2) is 130 Å². The topological polar surface area (TPSA) is 230 Å².